The number of amides is 1. The van der Waals surface area contributed by atoms with Gasteiger partial charge in [0.1, 0.15) is 22.8 Å². The van der Waals surface area contributed by atoms with Crippen LogP contribution >= 0.6 is 15.9 Å². The van der Waals surface area contributed by atoms with Gasteiger partial charge in [0.25, 0.3) is 0 Å². The van der Waals surface area contributed by atoms with Crippen molar-refractivity contribution in [3.8, 4) is 11.5 Å². The van der Waals surface area contributed by atoms with E-state index in [0.717, 1.165) is 15.4 Å². The number of fused-ring (bicyclic) bond motifs is 1. The van der Waals surface area contributed by atoms with Crippen molar-refractivity contribution >= 4 is 44.6 Å². The molecule has 128 valence electrons. The van der Waals surface area contributed by atoms with Gasteiger partial charge < -0.3 is 19.2 Å². The molecule has 25 heavy (non-hydrogen) atoms. The van der Waals surface area contributed by atoms with Crippen molar-refractivity contribution in [3.63, 3.8) is 0 Å². The molecule has 0 bridgehead atoms. The molecule has 0 saturated heterocycles. The Morgan fingerprint density at radius 3 is 2.72 bits per heavy atom. The fourth-order valence-corrected chi connectivity index (χ4v) is 2.73. The van der Waals surface area contributed by atoms with Gasteiger partial charge in [0.05, 0.1) is 19.9 Å². The smallest absolute Gasteiger partial charge is 0.248 e. The van der Waals surface area contributed by atoms with Crippen LogP contribution in [0, 0.1) is 0 Å². The highest BCUT2D eigenvalue weighted by atomic mass is 79.9. The maximum Gasteiger partial charge on any atom is 0.248 e. The van der Waals surface area contributed by atoms with Crippen LogP contribution in [-0.2, 0) is 4.79 Å². The SMILES string of the molecule is COc1ccc(NC(=O)/C=C/c2cc3cc(Br)ccc3o2)c(OC)c1. The van der Waals surface area contributed by atoms with Crippen molar-refractivity contribution in [1.82, 2.24) is 0 Å². The van der Waals surface area contributed by atoms with Crippen molar-refractivity contribution in [2.45, 2.75) is 0 Å². The number of anilines is 1. The van der Waals surface area contributed by atoms with E-state index in [1.54, 1.807) is 31.4 Å². The Hall–Kier alpha value is -2.73. The minimum atomic E-state index is -0.287. The van der Waals surface area contributed by atoms with Crippen LogP contribution in [0.5, 0.6) is 11.5 Å². The van der Waals surface area contributed by atoms with E-state index in [1.807, 2.05) is 24.3 Å². The van der Waals surface area contributed by atoms with Crippen molar-refractivity contribution in [1.29, 1.82) is 0 Å². The first-order valence-electron chi connectivity index (χ1n) is 7.49. The molecule has 6 heteroatoms. The van der Waals surface area contributed by atoms with E-state index in [2.05, 4.69) is 21.2 Å². The lowest BCUT2D eigenvalue weighted by atomic mass is 10.2. The van der Waals surface area contributed by atoms with E-state index < -0.39 is 0 Å². The topological polar surface area (TPSA) is 60.7 Å². The van der Waals surface area contributed by atoms with Crippen molar-refractivity contribution in [2.24, 2.45) is 0 Å². The number of hydrogen-bond donors (Lipinski definition) is 1. The van der Waals surface area contributed by atoms with Crippen molar-refractivity contribution in [2.75, 3.05) is 19.5 Å². The molecular formula is C19H16BrNO4. The molecule has 0 aliphatic heterocycles. The number of hydrogen-bond acceptors (Lipinski definition) is 4. The predicted molar refractivity (Wildman–Crippen MR) is 101 cm³/mol. The van der Waals surface area contributed by atoms with Gasteiger partial charge >= 0.3 is 0 Å². The summed E-state index contributed by atoms with van der Waals surface area (Å²) in [5.41, 5.74) is 1.33. The molecule has 0 saturated carbocycles. The highest BCUT2D eigenvalue weighted by Crippen LogP contribution is 2.29. The van der Waals surface area contributed by atoms with Gasteiger partial charge in [0.15, 0.2) is 0 Å². The zero-order valence-corrected chi connectivity index (χ0v) is 15.3. The van der Waals surface area contributed by atoms with E-state index in [9.17, 15) is 4.79 Å². The molecule has 1 heterocycles. The van der Waals surface area contributed by atoms with E-state index in [0.29, 0.717) is 22.9 Å². The number of furan rings is 1. The molecule has 5 nitrogen and oxygen atoms in total. The first-order chi connectivity index (χ1) is 12.1. The molecule has 0 aliphatic rings. The van der Waals surface area contributed by atoms with Crippen LogP contribution in [0.2, 0.25) is 0 Å². The van der Waals surface area contributed by atoms with Crippen molar-refractivity contribution < 1.29 is 18.7 Å². The summed E-state index contributed by atoms with van der Waals surface area (Å²) < 4.78 is 17.0. The second-order valence-electron chi connectivity index (χ2n) is 5.22. The average molecular weight is 402 g/mol. The monoisotopic (exact) mass is 401 g/mol. The number of ether oxygens (including phenoxy) is 2. The lowest BCUT2D eigenvalue weighted by molar-refractivity contribution is -0.111. The first-order valence-corrected chi connectivity index (χ1v) is 8.28. The zero-order chi connectivity index (χ0) is 17.8. The number of halogens is 1. The fourth-order valence-electron chi connectivity index (χ4n) is 2.35. The highest BCUT2D eigenvalue weighted by molar-refractivity contribution is 9.10. The largest absolute Gasteiger partial charge is 0.497 e. The third-order valence-electron chi connectivity index (χ3n) is 3.56. The maximum absolute atomic E-state index is 12.1. The third kappa shape index (κ3) is 4.03. The summed E-state index contributed by atoms with van der Waals surface area (Å²) in [4.78, 5) is 12.1. The Morgan fingerprint density at radius 1 is 1.12 bits per heavy atom. The summed E-state index contributed by atoms with van der Waals surface area (Å²) in [5, 5.41) is 3.73. The minimum absolute atomic E-state index is 0.287. The van der Waals surface area contributed by atoms with Crippen LogP contribution in [0.15, 0.2) is 57.4 Å². The number of carbonyl (C=O) groups is 1. The summed E-state index contributed by atoms with van der Waals surface area (Å²) in [7, 11) is 3.11. The Kier molecular flexibility index (Phi) is 5.09. The predicted octanol–water partition coefficient (Wildman–Crippen LogP) is 4.86. The molecule has 3 rings (SSSR count). The summed E-state index contributed by atoms with van der Waals surface area (Å²) in [6.45, 7) is 0. The number of carbonyl (C=O) groups excluding carboxylic acids is 1. The van der Waals surface area contributed by atoms with Gasteiger partial charge in [0, 0.05) is 22.0 Å². The average Bonchev–Trinajstić information content (AvgIpc) is 3.02. The summed E-state index contributed by atoms with van der Waals surface area (Å²) >= 11 is 3.42. The van der Waals surface area contributed by atoms with Crippen LogP contribution in [0.4, 0.5) is 5.69 Å². The number of rotatable bonds is 5. The van der Waals surface area contributed by atoms with E-state index in [-0.39, 0.29) is 5.91 Å². The highest BCUT2D eigenvalue weighted by Gasteiger charge is 2.08. The number of benzene rings is 2. The van der Waals surface area contributed by atoms with Crippen LogP contribution in [0.3, 0.4) is 0 Å². The van der Waals surface area contributed by atoms with Gasteiger partial charge in [-0.05, 0) is 42.5 Å². The number of nitrogens with one attached hydrogen (secondary N) is 1. The molecule has 2 aromatic carbocycles. The summed E-state index contributed by atoms with van der Waals surface area (Å²) in [5.74, 6) is 1.49. The zero-order valence-electron chi connectivity index (χ0n) is 13.7. The molecule has 0 unspecified atom stereocenters. The quantitative estimate of drug-likeness (QED) is 0.619. The lowest BCUT2D eigenvalue weighted by Crippen LogP contribution is -2.08. The molecule has 0 atom stereocenters. The second-order valence-corrected chi connectivity index (χ2v) is 6.14. The maximum atomic E-state index is 12.1. The first kappa shape index (κ1) is 17.1. The van der Waals surface area contributed by atoms with Gasteiger partial charge in [0.2, 0.25) is 5.91 Å². The van der Waals surface area contributed by atoms with E-state index in [4.69, 9.17) is 13.9 Å². The molecule has 1 amide bonds. The molecular weight excluding hydrogens is 386 g/mol. The summed E-state index contributed by atoms with van der Waals surface area (Å²) in [6.07, 6.45) is 3.04. The Balaban J connectivity index is 1.74. The molecule has 0 fully saturated rings. The normalized spacial score (nSPS) is 11.0. The van der Waals surface area contributed by atoms with Gasteiger partial charge in [-0.1, -0.05) is 15.9 Å². The molecule has 3 aromatic rings. The Morgan fingerprint density at radius 2 is 1.96 bits per heavy atom. The van der Waals surface area contributed by atoms with Gasteiger partial charge in [-0.15, -0.1) is 0 Å². The lowest BCUT2D eigenvalue weighted by Gasteiger charge is -2.10. The Labute approximate surface area is 153 Å². The minimum Gasteiger partial charge on any atom is -0.497 e. The third-order valence-corrected chi connectivity index (χ3v) is 4.06. The Bertz CT molecular complexity index is 946. The molecule has 1 N–H and O–H groups in total. The van der Waals surface area contributed by atoms with Crippen LogP contribution in [-0.4, -0.2) is 20.1 Å². The van der Waals surface area contributed by atoms with E-state index in [1.165, 1.54) is 13.2 Å². The number of methoxy groups -OCH3 is 2. The standard InChI is InChI=1S/C19H16BrNO4/c1-23-14-4-6-16(18(11-14)24-2)21-19(22)8-5-15-10-12-9-13(20)3-7-17(12)25-15/h3-11H,1-2H3,(H,21,22)/b8-5+. The molecule has 1 aromatic heterocycles. The van der Waals surface area contributed by atoms with Crippen LogP contribution in [0.25, 0.3) is 17.0 Å². The van der Waals surface area contributed by atoms with Gasteiger partial charge in [-0.25, -0.2) is 0 Å². The molecule has 0 radical (unpaired) electrons. The molecule has 0 spiro atoms. The van der Waals surface area contributed by atoms with Crippen LogP contribution < -0.4 is 14.8 Å². The van der Waals surface area contributed by atoms with E-state index >= 15 is 0 Å². The second kappa shape index (κ2) is 7.44. The van der Waals surface area contributed by atoms with Crippen molar-refractivity contribution in [3.05, 3.63) is 58.8 Å². The summed E-state index contributed by atoms with van der Waals surface area (Å²) in [6, 6.07) is 12.8. The van der Waals surface area contributed by atoms with Crippen LogP contribution in [0.1, 0.15) is 5.76 Å². The molecule has 0 aliphatic carbocycles. The van der Waals surface area contributed by atoms with Gasteiger partial charge in [-0.2, -0.15) is 0 Å². The van der Waals surface area contributed by atoms with Gasteiger partial charge in [-0.3, -0.25) is 4.79 Å². The fraction of sp³-hybridized carbons (Fsp3) is 0.105.